The number of hydrogen-bond acceptors (Lipinski definition) is 3. The molecule has 3 nitrogen and oxygen atoms in total. The molecule has 3 rings (SSSR count). The zero-order valence-corrected chi connectivity index (χ0v) is 15.2. The summed E-state index contributed by atoms with van der Waals surface area (Å²) in [6.45, 7) is 3.70. The van der Waals surface area contributed by atoms with Crippen molar-refractivity contribution in [1.82, 2.24) is 0 Å². The molecule has 0 saturated carbocycles. The molecule has 0 atom stereocenters. The predicted molar refractivity (Wildman–Crippen MR) is 103 cm³/mol. The lowest BCUT2D eigenvalue weighted by Crippen LogP contribution is -2.02. The summed E-state index contributed by atoms with van der Waals surface area (Å²) in [6.07, 6.45) is 1.59. The molecule has 1 aromatic heterocycles. The number of nitrogens with zero attached hydrogens (tertiary/aromatic N) is 1. The molecule has 2 aromatic carbocycles. The molecule has 0 fully saturated rings. The number of rotatable bonds is 4. The van der Waals surface area contributed by atoms with Crippen LogP contribution in [0.2, 0.25) is 5.02 Å². The van der Waals surface area contributed by atoms with E-state index < -0.39 is 0 Å². The van der Waals surface area contributed by atoms with Gasteiger partial charge in [0, 0.05) is 10.6 Å². The second kappa shape index (κ2) is 7.43. The van der Waals surface area contributed by atoms with E-state index in [9.17, 15) is 10.1 Å². The molecule has 1 heterocycles. The second-order valence-electron chi connectivity index (χ2n) is 6.00. The van der Waals surface area contributed by atoms with Crippen LogP contribution in [0.15, 0.2) is 64.6 Å². The van der Waals surface area contributed by atoms with E-state index in [-0.39, 0.29) is 11.4 Å². The first-order valence-corrected chi connectivity index (χ1v) is 8.45. The highest BCUT2D eigenvalue weighted by Gasteiger charge is 2.19. The number of allylic oxidation sites excluding steroid dienone is 1. The van der Waals surface area contributed by atoms with Crippen LogP contribution in [0, 0.1) is 25.2 Å². The Kier molecular flexibility index (Phi) is 5.06. The van der Waals surface area contributed by atoms with Crippen LogP contribution in [0.25, 0.3) is 17.4 Å². The summed E-state index contributed by atoms with van der Waals surface area (Å²) in [5.41, 5.74) is 3.19. The fraction of sp³-hybridized carbons (Fsp3) is 0.0909. The molecule has 0 radical (unpaired) electrons. The first kappa shape index (κ1) is 17.7. The summed E-state index contributed by atoms with van der Waals surface area (Å²) in [5.74, 6) is 0.690. The summed E-state index contributed by atoms with van der Waals surface area (Å²) < 4.78 is 5.72. The van der Waals surface area contributed by atoms with Gasteiger partial charge in [-0.15, -0.1) is 0 Å². The molecule has 4 heteroatoms. The summed E-state index contributed by atoms with van der Waals surface area (Å²) in [5, 5.41) is 10.1. The van der Waals surface area contributed by atoms with E-state index in [1.165, 1.54) is 0 Å². The predicted octanol–water partition coefficient (Wildman–Crippen LogP) is 6.01. The van der Waals surface area contributed by atoms with Crippen molar-refractivity contribution >= 4 is 23.5 Å². The number of benzene rings is 2. The van der Waals surface area contributed by atoms with Crippen molar-refractivity contribution in [3.63, 3.8) is 0 Å². The van der Waals surface area contributed by atoms with Crippen LogP contribution in [0.1, 0.15) is 27.2 Å². The third-order valence-corrected chi connectivity index (χ3v) is 4.30. The van der Waals surface area contributed by atoms with Crippen molar-refractivity contribution in [2.45, 2.75) is 13.8 Å². The molecule has 0 bridgehead atoms. The number of halogens is 1. The van der Waals surface area contributed by atoms with Crippen LogP contribution in [-0.2, 0) is 0 Å². The Morgan fingerprint density at radius 3 is 2.35 bits per heavy atom. The standard InChI is InChI=1S/C22H16ClNO2/c1-14-3-5-16(6-4-14)11-18(13-24)22(25)20-12-21(26-15(20)2)17-7-9-19(23)10-8-17/h3-12H,1-2H3. The van der Waals surface area contributed by atoms with Gasteiger partial charge in [0.1, 0.15) is 23.2 Å². The van der Waals surface area contributed by atoms with Crippen LogP contribution >= 0.6 is 11.6 Å². The van der Waals surface area contributed by atoms with Crippen molar-refractivity contribution in [2.75, 3.05) is 0 Å². The molecule has 0 saturated heterocycles. The molecule has 0 amide bonds. The smallest absolute Gasteiger partial charge is 0.207 e. The summed E-state index contributed by atoms with van der Waals surface area (Å²) in [4.78, 5) is 12.8. The van der Waals surface area contributed by atoms with Crippen LogP contribution in [0.3, 0.4) is 0 Å². The maximum Gasteiger partial charge on any atom is 0.207 e. The molecule has 3 aromatic rings. The Bertz CT molecular complexity index is 1020. The lowest BCUT2D eigenvalue weighted by molar-refractivity contribution is 0.103. The van der Waals surface area contributed by atoms with Gasteiger partial charge >= 0.3 is 0 Å². The molecule has 0 spiro atoms. The summed E-state index contributed by atoms with van der Waals surface area (Å²) in [6, 6.07) is 18.5. The van der Waals surface area contributed by atoms with Gasteiger partial charge in [0.15, 0.2) is 0 Å². The van der Waals surface area contributed by atoms with E-state index >= 15 is 0 Å². The molecule has 128 valence electrons. The van der Waals surface area contributed by atoms with Gasteiger partial charge in [-0.1, -0.05) is 41.4 Å². The van der Waals surface area contributed by atoms with Crippen molar-refractivity contribution in [1.29, 1.82) is 5.26 Å². The third-order valence-electron chi connectivity index (χ3n) is 4.04. The van der Waals surface area contributed by atoms with Gasteiger partial charge in [0.05, 0.1) is 5.56 Å². The molecular weight excluding hydrogens is 346 g/mol. The van der Waals surface area contributed by atoms with Gasteiger partial charge in [-0.05, 0) is 55.8 Å². The molecule has 0 unspecified atom stereocenters. The quantitative estimate of drug-likeness (QED) is 0.325. The average Bonchev–Trinajstić information content (AvgIpc) is 3.03. The minimum absolute atomic E-state index is 0.0698. The number of carbonyl (C=O) groups excluding carboxylic acids is 1. The number of Topliss-reactive ketones (excluding diaryl/α,β-unsaturated/α-hetero) is 1. The second-order valence-corrected chi connectivity index (χ2v) is 6.43. The van der Waals surface area contributed by atoms with Crippen molar-refractivity contribution < 1.29 is 9.21 Å². The molecule has 0 aliphatic carbocycles. The molecule has 26 heavy (non-hydrogen) atoms. The number of furan rings is 1. The Hall–Kier alpha value is -3.09. The Morgan fingerprint density at radius 2 is 1.73 bits per heavy atom. The molecule has 0 aliphatic rings. The van der Waals surface area contributed by atoms with E-state index in [2.05, 4.69) is 0 Å². The minimum atomic E-state index is -0.352. The number of carbonyl (C=O) groups is 1. The van der Waals surface area contributed by atoms with Crippen LogP contribution in [-0.4, -0.2) is 5.78 Å². The van der Waals surface area contributed by atoms with Gasteiger partial charge in [0.2, 0.25) is 5.78 Å². The molecule has 0 N–H and O–H groups in total. The number of nitriles is 1. The number of hydrogen-bond donors (Lipinski definition) is 0. The SMILES string of the molecule is Cc1ccc(C=C(C#N)C(=O)c2cc(-c3ccc(Cl)cc3)oc2C)cc1. The maximum atomic E-state index is 12.8. The highest BCUT2D eigenvalue weighted by Crippen LogP contribution is 2.28. The van der Waals surface area contributed by atoms with Crippen LogP contribution in [0.5, 0.6) is 0 Å². The summed E-state index contributed by atoms with van der Waals surface area (Å²) in [7, 11) is 0. The Balaban J connectivity index is 1.95. The van der Waals surface area contributed by atoms with Crippen molar-refractivity contribution in [3.05, 3.63) is 87.6 Å². The lowest BCUT2D eigenvalue weighted by Gasteiger charge is -1.99. The van der Waals surface area contributed by atoms with Gasteiger partial charge in [-0.2, -0.15) is 5.26 Å². The first-order valence-electron chi connectivity index (χ1n) is 8.07. The van der Waals surface area contributed by atoms with Crippen LogP contribution < -0.4 is 0 Å². The van der Waals surface area contributed by atoms with E-state index in [1.54, 1.807) is 31.2 Å². The topological polar surface area (TPSA) is 54.0 Å². The van der Waals surface area contributed by atoms with Gasteiger partial charge < -0.3 is 4.42 Å². The largest absolute Gasteiger partial charge is 0.461 e. The normalized spacial score (nSPS) is 11.2. The van der Waals surface area contributed by atoms with Gasteiger partial charge in [-0.25, -0.2) is 0 Å². The highest BCUT2D eigenvalue weighted by atomic mass is 35.5. The highest BCUT2D eigenvalue weighted by molar-refractivity contribution is 6.30. The fourth-order valence-corrected chi connectivity index (χ4v) is 2.71. The first-order chi connectivity index (χ1) is 12.5. The molecule has 0 aliphatic heterocycles. The summed E-state index contributed by atoms with van der Waals surface area (Å²) >= 11 is 5.90. The maximum absolute atomic E-state index is 12.8. The fourth-order valence-electron chi connectivity index (χ4n) is 2.59. The number of ketones is 1. The van der Waals surface area contributed by atoms with Gasteiger partial charge in [0.25, 0.3) is 0 Å². The monoisotopic (exact) mass is 361 g/mol. The van der Waals surface area contributed by atoms with Gasteiger partial charge in [-0.3, -0.25) is 4.79 Å². The van der Waals surface area contributed by atoms with E-state index in [4.69, 9.17) is 16.0 Å². The van der Waals surface area contributed by atoms with E-state index in [0.717, 1.165) is 16.7 Å². The van der Waals surface area contributed by atoms with Crippen molar-refractivity contribution in [2.24, 2.45) is 0 Å². The third kappa shape index (κ3) is 3.77. The van der Waals surface area contributed by atoms with E-state index in [1.807, 2.05) is 49.4 Å². The molecular formula is C22H16ClNO2. The zero-order chi connectivity index (χ0) is 18.7. The number of aryl methyl sites for hydroxylation is 2. The Morgan fingerprint density at radius 1 is 1.08 bits per heavy atom. The minimum Gasteiger partial charge on any atom is -0.461 e. The lowest BCUT2D eigenvalue weighted by atomic mass is 10.0. The van der Waals surface area contributed by atoms with Crippen molar-refractivity contribution in [3.8, 4) is 17.4 Å². The van der Waals surface area contributed by atoms with E-state index in [0.29, 0.717) is 22.1 Å². The Labute approximate surface area is 157 Å². The zero-order valence-electron chi connectivity index (χ0n) is 14.4. The van der Waals surface area contributed by atoms with Crippen LogP contribution in [0.4, 0.5) is 0 Å². The average molecular weight is 362 g/mol.